The molecule has 1 atom stereocenters. The Kier molecular flexibility index (Phi) is 5.83. The van der Waals surface area contributed by atoms with Crippen LogP contribution in [0.3, 0.4) is 0 Å². The lowest BCUT2D eigenvalue weighted by atomic mass is 9.97. The maximum atomic E-state index is 13.5. The maximum Gasteiger partial charge on any atom is 0.259 e. The minimum absolute atomic E-state index is 0. The highest BCUT2D eigenvalue weighted by molar-refractivity contribution is 5.94. The molecule has 0 aliphatic carbocycles. The molecule has 0 spiro atoms. The van der Waals surface area contributed by atoms with E-state index in [9.17, 15) is 18.0 Å². The highest BCUT2D eigenvalue weighted by atomic mass is 35.5. The summed E-state index contributed by atoms with van der Waals surface area (Å²) in [6, 6.07) is 1.03. The van der Waals surface area contributed by atoms with Crippen LogP contribution in [0.1, 0.15) is 23.2 Å². The Morgan fingerprint density at radius 1 is 1.30 bits per heavy atom. The number of hydrogen-bond acceptors (Lipinski definition) is 2. The summed E-state index contributed by atoms with van der Waals surface area (Å²) in [7, 11) is 0. The van der Waals surface area contributed by atoms with Gasteiger partial charge in [-0.2, -0.15) is 0 Å². The predicted molar refractivity (Wildman–Crippen MR) is 71.2 cm³/mol. The average molecular weight is 309 g/mol. The second kappa shape index (κ2) is 6.95. The number of nitrogens with zero attached hydrogens (tertiary/aromatic N) is 1. The molecule has 0 saturated carbocycles. The quantitative estimate of drug-likeness (QED) is 0.911. The van der Waals surface area contributed by atoms with Crippen molar-refractivity contribution in [3.8, 4) is 0 Å². The van der Waals surface area contributed by atoms with E-state index in [1.54, 1.807) is 0 Å². The lowest BCUT2D eigenvalue weighted by Gasteiger charge is -2.32. The molecule has 1 aromatic carbocycles. The van der Waals surface area contributed by atoms with E-state index in [1.807, 2.05) is 0 Å². The number of benzene rings is 1. The Bertz CT molecular complexity index is 475. The molecular weight excluding hydrogens is 293 g/mol. The molecule has 0 radical (unpaired) electrons. The van der Waals surface area contributed by atoms with Crippen molar-refractivity contribution in [3.05, 3.63) is 35.1 Å². The van der Waals surface area contributed by atoms with Crippen LogP contribution in [0.25, 0.3) is 0 Å². The first-order chi connectivity index (χ1) is 9.02. The van der Waals surface area contributed by atoms with Gasteiger partial charge in [0.15, 0.2) is 0 Å². The van der Waals surface area contributed by atoms with Gasteiger partial charge in [-0.05, 0) is 25.3 Å². The molecule has 1 aromatic rings. The number of rotatable bonds is 2. The van der Waals surface area contributed by atoms with Crippen LogP contribution in [0.2, 0.25) is 0 Å². The molecular formula is C13H16ClF3N2O. The molecule has 7 heteroatoms. The molecule has 1 unspecified atom stereocenters. The van der Waals surface area contributed by atoms with E-state index < -0.39 is 28.9 Å². The smallest absolute Gasteiger partial charge is 0.259 e. The van der Waals surface area contributed by atoms with Gasteiger partial charge in [-0.3, -0.25) is 4.79 Å². The van der Waals surface area contributed by atoms with E-state index in [0.29, 0.717) is 31.8 Å². The number of nitrogens with two attached hydrogens (primary N) is 1. The second-order valence-electron chi connectivity index (χ2n) is 4.74. The molecule has 1 saturated heterocycles. The number of amides is 1. The molecule has 0 aromatic heterocycles. The largest absolute Gasteiger partial charge is 0.338 e. The van der Waals surface area contributed by atoms with Crippen LogP contribution in [0.4, 0.5) is 13.2 Å². The predicted octanol–water partition coefficient (Wildman–Crippen LogP) is 2.34. The van der Waals surface area contributed by atoms with Crippen LogP contribution in [-0.2, 0) is 0 Å². The summed E-state index contributed by atoms with van der Waals surface area (Å²) in [5, 5.41) is 0. The summed E-state index contributed by atoms with van der Waals surface area (Å²) in [5.74, 6) is -3.97. The van der Waals surface area contributed by atoms with E-state index in [0.717, 1.165) is 12.8 Å². The normalized spacial score (nSPS) is 18.6. The number of piperidine rings is 1. The minimum Gasteiger partial charge on any atom is -0.338 e. The van der Waals surface area contributed by atoms with Crippen molar-refractivity contribution in [2.45, 2.75) is 12.8 Å². The number of hydrogen-bond donors (Lipinski definition) is 1. The lowest BCUT2D eigenvalue weighted by Crippen LogP contribution is -2.42. The molecule has 1 heterocycles. The molecule has 2 N–H and O–H groups in total. The molecule has 1 amide bonds. The summed E-state index contributed by atoms with van der Waals surface area (Å²) in [6.45, 7) is 1.25. The summed E-state index contributed by atoms with van der Waals surface area (Å²) in [4.78, 5) is 13.5. The van der Waals surface area contributed by atoms with E-state index in [-0.39, 0.29) is 18.3 Å². The Balaban J connectivity index is 0.00000200. The fourth-order valence-electron chi connectivity index (χ4n) is 2.35. The van der Waals surface area contributed by atoms with Gasteiger partial charge in [0.1, 0.15) is 23.0 Å². The van der Waals surface area contributed by atoms with E-state index in [4.69, 9.17) is 5.73 Å². The standard InChI is InChI=1S/C13H15F3N2O.ClH/c14-9-4-10(15)12(11(16)5-9)13(19)18-3-1-2-8(6-17)7-18;/h4-5,8H,1-3,6-7,17H2;1H. The first-order valence-corrected chi connectivity index (χ1v) is 6.16. The van der Waals surface area contributed by atoms with Crippen LogP contribution < -0.4 is 5.73 Å². The van der Waals surface area contributed by atoms with Gasteiger partial charge in [-0.15, -0.1) is 12.4 Å². The van der Waals surface area contributed by atoms with Gasteiger partial charge in [-0.1, -0.05) is 0 Å². The third kappa shape index (κ3) is 3.43. The zero-order valence-electron chi connectivity index (χ0n) is 10.7. The fourth-order valence-corrected chi connectivity index (χ4v) is 2.35. The third-order valence-electron chi connectivity index (χ3n) is 3.36. The van der Waals surface area contributed by atoms with Gasteiger partial charge < -0.3 is 10.6 Å². The van der Waals surface area contributed by atoms with Crippen LogP contribution in [0.15, 0.2) is 12.1 Å². The van der Waals surface area contributed by atoms with E-state index in [2.05, 4.69) is 0 Å². The Morgan fingerprint density at radius 2 is 1.90 bits per heavy atom. The van der Waals surface area contributed by atoms with Gasteiger partial charge in [0.2, 0.25) is 0 Å². The van der Waals surface area contributed by atoms with Gasteiger partial charge >= 0.3 is 0 Å². The van der Waals surface area contributed by atoms with Crippen molar-refractivity contribution in [3.63, 3.8) is 0 Å². The van der Waals surface area contributed by atoms with Crippen molar-refractivity contribution >= 4 is 18.3 Å². The van der Waals surface area contributed by atoms with Crippen LogP contribution >= 0.6 is 12.4 Å². The molecule has 112 valence electrons. The van der Waals surface area contributed by atoms with Crippen molar-refractivity contribution < 1.29 is 18.0 Å². The summed E-state index contributed by atoms with van der Waals surface area (Å²) >= 11 is 0. The summed E-state index contributed by atoms with van der Waals surface area (Å²) in [5.41, 5.74) is 4.85. The second-order valence-corrected chi connectivity index (χ2v) is 4.74. The number of halogens is 4. The highest BCUT2D eigenvalue weighted by Gasteiger charge is 2.28. The van der Waals surface area contributed by atoms with Crippen LogP contribution in [-0.4, -0.2) is 30.4 Å². The van der Waals surface area contributed by atoms with Crippen molar-refractivity contribution in [1.82, 2.24) is 4.90 Å². The monoisotopic (exact) mass is 308 g/mol. The van der Waals surface area contributed by atoms with Gasteiger partial charge in [0.25, 0.3) is 5.91 Å². The first-order valence-electron chi connectivity index (χ1n) is 6.16. The molecule has 3 nitrogen and oxygen atoms in total. The molecule has 2 rings (SSSR count). The van der Waals surface area contributed by atoms with Crippen LogP contribution in [0, 0.1) is 23.4 Å². The molecule has 1 aliphatic rings. The number of carbonyl (C=O) groups is 1. The van der Waals surface area contributed by atoms with Crippen LogP contribution in [0.5, 0.6) is 0 Å². The Hall–Kier alpha value is -1.27. The molecule has 0 bridgehead atoms. The Labute approximate surface area is 121 Å². The third-order valence-corrected chi connectivity index (χ3v) is 3.36. The number of carbonyl (C=O) groups excluding carboxylic acids is 1. The SMILES string of the molecule is Cl.NCC1CCCN(C(=O)c2c(F)cc(F)cc2F)C1. The van der Waals surface area contributed by atoms with E-state index >= 15 is 0 Å². The molecule has 20 heavy (non-hydrogen) atoms. The van der Waals surface area contributed by atoms with Crippen molar-refractivity contribution in [2.24, 2.45) is 11.7 Å². The molecule has 1 fully saturated rings. The lowest BCUT2D eigenvalue weighted by molar-refractivity contribution is 0.0668. The zero-order chi connectivity index (χ0) is 14.0. The first kappa shape index (κ1) is 16.8. The Morgan fingerprint density at radius 3 is 2.45 bits per heavy atom. The van der Waals surface area contributed by atoms with Gasteiger partial charge in [0.05, 0.1) is 0 Å². The molecule has 1 aliphatic heterocycles. The maximum absolute atomic E-state index is 13.5. The van der Waals surface area contributed by atoms with E-state index in [1.165, 1.54) is 4.90 Å². The summed E-state index contributed by atoms with van der Waals surface area (Å²) in [6.07, 6.45) is 1.65. The summed E-state index contributed by atoms with van der Waals surface area (Å²) < 4.78 is 39.9. The number of likely N-dealkylation sites (tertiary alicyclic amines) is 1. The van der Waals surface area contributed by atoms with Crippen molar-refractivity contribution in [1.29, 1.82) is 0 Å². The fraction of sp³-hybridized carbons (Fsp3) is 0.462. The van der Waals surface area contributed by atoms with Crippen molar-refractivity contribution in [2.75, 3.05) is 19.6 Å². The van der Waals surface area contributed by atoms with Gasteiger partial charge in [0, 0.05) is 25.2 Å². The van der Waals surface area contributed by atoms with Gasteiger partial charge in [-0.25, -0.2) is 13.2 Å². The average Bonchev–Trinajstić information content (AvgIpc) is 2.37. The zero-order valence-corrected chi connectivity index (χ0v) is 11.6. The minimum atomic E-state index is -1.17. The highest BCUT2D eigenvalue weighted by Crippen LogP contribution is 2.21. The topological polar surface area (TPSA) is 46.3 Å².